The Hall–Kier alpha value is -2.37. The molecule has 0 bridgehead atoms. The van der Waals surface area contributed by atoms with Crippen molar-refractivity contribution in [3.05, 3.63) is 35.9 Å². The largest absolute Gasteiger partial charge is 0.356 e. The molecular formula is C16H21N3O3. The number of nitrogens with one attached hydrogen (secondary N) is 3. The second kappa shape index (κ2) is 8.17. The van der Waals surface area contributed by atoms with Crippen molar-refractivity contribution in [3.8, 4) is 0 Å². The third-order valence-corrected chi connectivity index (χ3v) is 3.58. The summed E-state index contributed by atoms with van der Waals surface area (Å²) in [7, 11) is 0. The lowest BCUT2D eigenvalue weighted by Crippen LogP contribution is -2.32. The van der Waals surface area contributed by atoms with E-state index in [9.17, 15) is 14.4 Å². The van der Waals surface area contributed by atoms with Gasteiger partial charge in [0.1, 0.15) is 6.04 Å². The Morgan fingerprint density at radius 2 is 1.91 bits per heavy atom. The summed E-state index contributed by atoms with van der Waals surface area (Å²) in [4.78, 5) is 33.9. The molecule has 1 atom stereocenters. The smallest absolute Gasteiger partial charge is 0.322 e. The Morgan fingerprint density at radius 1 is 1.14 bits per heavy atom. The minimum atomic E-state index is -0.587. The first-order valence-electron chi connectivity index (χ1n) is 7.57. The summed E-state index contributed by atoms with van der Waals surface area (Å²) in [6.07, 6.45) is 3.50. The number of benzene rings is 1. The number of rotatable bonds is 8. The van der Waals surface area contributed by atoms with E-state index in [0.717, 1.165) is 19.3 Å². The molecule has 0 aliphatic carbocycles. The molecule has 118 valence electrons. The third-order valence-electron chi connectivity index (χ3n) is 3.58. The van der Waals surface area contributed by atoms with Crippen LogP contribution >= 0.6 is 0 Å². The molecule has 1 aliphatic heterocycles. The quantitative estimate of drug-likeness (QED) is 0.497. The van der Waals surface area contributed by atoms with Crippen molar-refractivity contribution < 1.29 is 14.4 Å². The molecule has 4 amide bonds. The van der Waals surface area contributed by atoms with E-state index in [2.05, 4.69) is 28.1 Å². The highest BCUT2D eigenvalue weighted by Gasteiger charge is 2.29. The molecular weight excluding hydrogens is 282 g/mol. The van der Waals surface area contributed by atoms with Gasteiger partial charge >= 0.3 is 6.03 Å². The van der Waals surface area contributed by atoms with Gasteiger partial charge in [-0.2, -0.15) is 0 Å². The number of urea groups is 1. The van der Waals surface area contributed by atoms with Gasteiger partial charge in [-0.1, -0.05) is 30.3 Å². The minimum absolute atomic E-state index is 0.0892. The number of aryl methyl sites for hydroxylation is 1. The normalized spacial score (nSPS) is 17.0. The topological polar surface area (TPSA) is 87.3 Å². The first kappa shape index (κ1) is 16.0. The molecule has 0 radical (unpaired) electrons. The SMILES string of the molecule is O=C(CC[C@@H]1NC(=O)NC1=O)NCCCCc1ccccc1. The average Bonchev–Trinajstić information content (AvgIpc) is 2.84. The van der Waals surface area contributed by atoms with E-state index in [0.29, 0.717) is 13.0 Å². The summed E-state index contributed by atoms with van der Waals surface area (Å²) in [5, 5.41) is 7.45. The molecule has 22 heavy (non-hydrogen) atoms. The van der Waals surface area contributed by atoms with E-state index in [1.807, 2.05) is 18.2 Å². The van der Waals surface area contributed by atoms with E-state index < -0.39 is 12.1 Å². The van der Waals surface area contributed by atoms with Crippen molar-refractivity contribution in [3.63, 3.8) is 0 Å². The fraction of sp³-hybridized carbons (Fsp3) is 0.438. The monoisotopic (exact) mass is 303 g/mol. The van der Waals surface area contributed by atoms with Gasteiger partial charge < -0.3 is 10.6 Å². The lowest BCUT2D eigenvalue weighted by Gasteiger charge is -2.08. The van der Waals surface area contributed by atoms with Crippen LogP contribution < -0.4 is 16.0 Å². The maximum atomic E-state index is 11.7. The van der Waals surface area contributed by atoms with Crippen LogP contribution in [0.3, 0.4) is 0 Å². The molecule has 1 aromatic carbocycles. The standard InChI is InChI=1S/C16H21N3O3/c20-14(10-9-13-15(21)19-16(22)18-13)17-11-5-4-8-12-6-2-1-3-7-12/h1-3,6-7,13H,4-5,8-11H2,(H,17,20)(H2,18,19,21,22)/t13-/m0/s1. The van der Waals surface area contributed by atoms with E-state index in [1.165, 1.54) is 5.56 Å². The summed E-state index contributed by atoms with van der Waals surface area (Å²) < 4.78 is 0. The van der Waals surface area contributed by atoms with Gasteiger partial charge in [0.25, 0.3) is 5.91 Å². The molecule has 1 fully saturated rings. The van der Waals surface area contributed by atoms with Crippen LogP contribution in [-0.2, 0) is 16.0 Å². The van der Waals surface area contributed by atoms with E-state index in [1.54, 1.807) is 0 Å². The van der Waals surface area contributed by atoms with Crippen LogP contribution in [0.5, 0.6) is 0 Å². The zero-order valence-electron chi connectivity index (χ0n) is 12.4. The molecule has 1 aliphatic rings. The Morgan fingerprint density at radius 3 is 2.59 bits per heavy atom. The van der Waals surface area contributed by atoms with E-state index in [-0.39, 0.29) is 18.2 Å². The number of imide groups is 1. The number of unbranched alkanes of at least 4 members (excludes halogenated alkanes) is 1. The van der Waals surface area contributed by atoms with Crippen molar-refractivity contribution >= 4 is 17.8 Å². The summed E-state index contributed by atoms with van der Waals surface area (Å²) in [6.45, 7) is 0.634. The van der Waals surface area contributed by atoms with Gasteiger partial charge in [-0.05, 0) is 31.2 Å². The first-order valence-corrected chi connectivity index (χ1v) is 7.57. The summed E-state index contributed by atoms with van der Waals surface area (Å²) in [6, 6.07) is 9.16. The van der Waals surface area contributed by atoms with Crippen LogP contribution in [0.4, 0.5) is 4.79 Å². The van der Waals surface area contributed by atoms with Gasteiger partial charge in [-0.3, -0.25) is 14.9 Å². The second-order valence-corrected chi connectivity index (χ2v) is 5.35. The Bertz CT molecular complexity index is 531. The predicted octanol–water partition coefficient (Wildman–Crippen LogP) is 1.11. The lowest BCUT2D eigenvalue weighted by atomic mass is 10.1. The van der Waals surface area contributed by atoms with E-state index >= 15 is 0 Å². The molecule has 1 aromatic rings. The summed E-state index contributed by atoms with van der Waals surface area (Å²) >= 11 is 0. The van der Waals surface area contributed by atoms with Crippen LogP contribution in [0.1, 0.15) is 31.2 Å². The fourth-order valence-corrected chi connectivity index (χ4v) is 2.35. The van der Waals surface area contributed by atoms with Crippen molar-refractivity contribution in [2.75, 3.05) is 6.54 Å². The molecule has 1 heterocycles. The van der Waals surface area contributed by atoms with Gasteiger partial charge in [0.2, 0.25) is 5.91 Å². The molecule has 0 spiro atoms. The van der Waals surface area contributed by atoms with Gasteiger partial charge in [-0.25, -0.2) is 4.79 Å². The van der Waals surface area contributed by atoms with Crippen LogP contribution in [0.25, 0.3) is 0 Å². The summed E-state index contributed by atoms with van der Waals surface area (Å²) in [5.74, 6) is -0.450. The van der Waals surface area contributed by atoms with Crippen LogP contribution in [-0.4, -0.2) is 30.4 Å². The highest BCUT2D eigenvalue weighted by molar-refractivity contribution is 6.04. The van der Waals surface area contributed by atoms with Crippen molar-refractivity contribution in [2.24, 2.45) is 0 Å². The number of carbonyl (C=O) groups is 3. The maximum Gasteiger partial charge on any atom is 0.322 e. The van der Waals surface area contributed by atoms with E-state index in [4.69, 9.17) is 0 Å². The first-order chi connectivity index (χ1) is 10.6. The predicted molar refractivity (Wildman–Crippen MR) is 82.1 cm³/mol. The summed E-state index contributed by atoms with van der Waals surface area (Å²) in [5.41, 5.74) is 1.30. The zero-order chi connectivity index (χ0) is 15.8. The molecule has 0 aromatic heterocycles. The van der Waals surface area contributed by atoms with Crippen molar-refractivity contribution in [1.29, 1.82) is 0 Å². The lowest BCUT2D eigenvalue weighted by molar-refractivity contribution is -0.122. The van der Waals surface area contributed by atoms with Gasteiger partial charge in [0, 0.05) is 13.0 Å². The molecule has 1 saturated heterocycles. The highest BCUT2D eigenvalue weighted by atomic mass is 16.2. The van der Waals surface area contributed by atoms with Gasteiger partial charge in [0.05, 0.1) is 0 Å². The zero-order valence-corrected chi connectivity index (χ0v) is 12.4. The number of hydrogen-bond acceptors (Lipinski definition) is 3. The number of hydrogen-bond donors (Lipinski definition) is 3. The fourth-order valence-electron chi connectivity index (χ4n) is 2.35. The number of carbonyl (C=O) groups excluding carboxylic acids is 3. The number of amides is 4. The average molecular weight is 303 g/mol. The van der Waals surface area contributed by atoms with Gasteiger partial charge in [-0.15, -0.1) is 0 Å². The Kier molecular flexibility index (Phi) is 5.94. The van der Waals surface area contributed by atoms with Gasteiger partial charge in [0.15, 0.2) is 0 Å². The second-order valence-electron chi connectivity index (χ2n) is 5.35. The molecule has 3 N–H and O–H groups in total. The van der Waals surface area contributed by atoms with Crippen LogP contribution in [0.2, 0.25) is 0 Å². The molecule has 6 heteroatoms. The van der Waals surface area contributed by atoms with Crippen LogP contribution in [0, 0.1) is 0 Å². The van der Waals surface area contributed by atoms with Crippen molar-refractivity contribution in [1.82, 2.24) is 16.0 Å². The van der Waals surface area contributed by atoms with Crippen molar-refractivity contribution in [2.45, 2.75) is 38.1 Å². The maximum absolute atomic E-state index is 11.7. The molecule has 0 unspecified atom stereocenters. The Labute approximate surface area is 129 Å². The molecule has 6 nitrogen and oxygen atoms in total. The van der Waals surface area contributed by atoms with Crippen LogP contribution in [0.15, 0.2) is 30.3 Å². The third kappa shape index (κ3) is 5.20. The minimum Gasteiger partial charge on any atom is -0.356 e. The molecule has 0 saturated carbocycles. The Balaban J connectivity index is 1.53. The molecule has 2 rings (SSSR count). The highest BCUT2D eigenvalue weighted by Crippen LogP contribution is 2.05.